The zero-order valence-corrected chi connectivity index (χ0v) is 18.1. The maximum absolute atomic E-state index is 10.3. The van der Waals surface area contributed by atoms with Crippen molar-refractivity contribution in [3.63, 3.8) is 0 Å². The monoisotopic (exact) mass is 405 g/mol. The molecule has 30 heavy (non-hydrogen) atoms. The predicted octanol–water partition coefficient (Wildman–Crippen LogP) is 4.50. The number of hydrogen-bond donors (Lipinski definition) is 1. The summed E-state index contributed by atoms with van der Waals surface area (Å²) in [6.07, 6.45) is 0.127. The van der Waals surface area contributed by atoms with Gasteiger partial charge in [0.2, 0.25) is 0 Å². The first-order valence-corrected chi connectivity index (χ1v) is 10.9. The molecule has 0 saturated carbocycles. The number of aliphatic hydroxyl groups excluding tert-OH is 1. The molecule has 1 aliphatic rings. The molecule has 1 aromatic heterocycles. The molecule has 2 heterocycles. The second kappa shape index (κ2) is 9.02. The number of methoxy groups -OCH3 is 1. The van der Waals surface area contributed by atoms with Crippen LogP contribution in [0.1, 0.15) is 31.9 Å². The Morgan fingerprint density at radius 2 is 1.80 bits per heavy atom. The fraction of sp³-hybridized carbons (Fsp3) is 0.400. The van der Waals surface area contributed by atoms with Crippen LogP contribution in [-0.2, 0) is 0 Å². The van der Waals surface area contributed by atoms with E-state index in [1.807, 2.05) is 25.1 Å². The van der Waals surface area contributed by atoms with Crippen molar-refractivity contribution in [1.29, 1.82) is 0 Å². The number of benzene rings is 2. The summed E-state index contributed by atoms with van der Waals surface area (Å²) >= 11 is 0. The number of likely N-dealkylation sites (N-methyl/N-ethyl adjacent to an activating group) is 1. The Hall–Kier alpha value is -2.63. The van der Waals surface area contributed by atoms with Crippen molar-refractivity contribution in [3.8, 4) is 17.0 Å². The van der Waals surface area contributed by atoms with Gasteiger partial charge in [0.15, 0.2) is 0 Å². The van der Waals surface area contributed by atoms with Gasteiger partial charge in [0.05, 0.1) is 18.9 Å². The molecule has 0 radical (unpaired) electrons. The number of hydrogen-bond acceptors (Lipinski definition) is 5. The first kappa shape index (κ1) is 20.6. The highest BCUT2D eigenvalue weighted by Crippen LogP contribution is 2.35. The highest BCUT2D eigenvalue weighted by atomic mass is 16.5. The predicted molar refractivity (Wildman–Crippen MR) is 123 cm³/mol. The van der Waals surface area contributed by atoms with Crippen LogP contribution in [0, 0.1) is 0 Å². The van der Waals surface area contributed by atoms with E-state index in [-0.39, 0.29) is 0 Å². The second-order valence-corrected chi connectivity index (χ2v) is 7.85. The van der Waals surface area contributed by atoms with Gasteiger partial charge < -0.3 is 19.6 Å². The van der Waals surface area contributed by atoms with Crippen LogP contribution in [0.2, 0.25) is 0 Å². The average molecular weight is 406 g/mol. The second-order valence-electron chi connectivity index (χ2n) is 7.85. The van der Waals surface area contributed by atoms with Gasteiger partial charge in [-0.1, -0.05) is 50.2 Å². The van der Waals surface area contributed by atoms with E-state index >= 15 is 0 Å². The van der Waals surface area contributed by atoms with Gasteiger partial charge in [0.1, 0.15) is 11.6 Å². The lowest BCUT2D eigenvalue weighted by molar-refractivity contribution is 0.169. The van der Waals surface area contributed by atoms with E-state index in [1.54, 1.807) is 7.11 Å². The van der Waals surface area contributed by atoms with E-state index in [0.29, 0.717) is 12.2 Å². The minimum Gasteiger partial charge on any atom is -0.496 e. The maximum Gasteiger partial charge on any atom is 0.137 e. The number of fused-ring (bicyclic) bond motifs is 1. The minimum atomic E-state index is -0.524. The molecule has 1 aliphatic heterocycles. The Kier molecular flexibility index (Phi) is 6.21. The number of rotatable bonds is 6. The normalized spacial score (nSPS) is 16.1. The van der Waals surface area contributed by atoms with E-state index in [9.17, 15) is 5.11 Å². The van der Waals surface area contributed by atoms with Crippen LogP contribution in [0.3, 0.4) is 0 Å². The van der Waals surface area contributed by atoms with Gasteiger partial charge in [-0.2, -0.15) is 0 Å². The van der Waals surface area contributed by atoms with E-state index < -0.39 is 6.10 Å². The van der Waals surface area contributed by atoms with E-state index in [1.165, 1.54) is 10.8 Å². The minimum absolute atomic E-state index is 0.524. The lowest BCUT2D eigenvalue weighted by Crippen LogP contribution is -2.46. The third-order valence-corrected chi connectivity index (χ3v) is 6.11. The van der Waals surface area contributed by atoms with Crippen molar-refractivity contribution in [2.75, 3.05) is 44.7 Å². The summed E-state index contributed by atoms with van der Waals surface area (Å²) in [4.78, 5) is 9.99. The molecule has 1 saturated heterocycles. The number of pyridine rings is 1. The molecule has 2 aromatic carbocycles. The molecule has 4 rings (SSSR count). The molecule has 0 aliphatic carbocycles. The van der Waals surface area contributed by atoms with Crippen molar-refractivity contribution in [1.82, 2.24) is 9.88 Å². The van der Waals surface area contributed by atoms with Crippen molar-refractivity contribution in [2.45, 2.75) is 26.4 Å². The summed E-state index contributed by atoms with van der Waals surface area (Å²) in [7, 11) is 1.65. The molecule has 1 fully saturated rings. The molecular formula is C25H31N3O2. The molecule has 1 atom stereocenters. The van der Waals surface area contributed by atoms with Gasteiger partial charge >= 0.3 is 0 Å². The number of nitrogens with zero attached hydrogens (tertiary/aromatic N) is 3. The van der Waals surface area contributed by atoms with Crippen molar-refractivity contribution < 1.29 is 9.84 Å². The Morgan fingerprint density at radius 3 is 2.50 bits per heavy atom. The van der Waals surface area contributed by atoms with Gasteiger partial charge in [0, 0.05) is 42.7 Å². The van der Waals surface area contributed by atoms with Crippen LogP contribution in [-0.4, -0.2) is 54.8 Å². The average Bonchev–Trinajstić information content (AvgIpc) is 2.82. The lowest BCUT2D eigenvalue weighted by Gasteiger charge is -2.35. The Bertz CT molecular complexity index is 1010. The van der Waals surface area contributed by atoms with Crippen LogP contribution in [0.15, 0.2) is 48.5 Å². The molecule has 1 unspecified atom stereocenters. The van der Waals surface area contributed by atoms with E-state index in [4.69, 9.17) is 9.72 Å². The molecule has 0 spiro atoms. The van der Waals surface area contributed by atoms with Crippen molar-refractivity contribution >= 4 is 16.6 Å². The Balaban J connectivity index is 1.77. The standard InChI is InChI=1S/C25H31N3O2/c1-4-23(29)21-11-10-19(17-24(21)30-3)22-16-18-8-6-7-9-20(18)25(26-22)28-14-12-27(5-2)13-15-28/h6-11,16-17,23,29H,4-5,12-15H2,1-3H3. The summed E-state index contributed by atoms with van der Waals surface area (Å²) in [6.45, 7) is 9.38. The Labute approximate surface area is 178 Å². The Morgan fingerprint density at radius 1 is 1.03 bits per heavy atom. The molecule has 0 bridgehead atoms. The van der Waals surface area contributed by atoms with Crippen molar-refractivity contribution in [3.05, 3.63) is 54.1 Å². The van der Waals surface area contributed by atoms with E-state index in [2.05, 4.69) is 47.1 Å². The van der Waals surface area contributed by atoms with Gasteiger partial charge in [-0.05, 0) is 30.5 Å². The van der Waals surface area contributed by atoms with Gasteiger partial charge in [-0.3, -0.25) is 0 Å². The highest BCUT2D eigenvalue weighted by Gasteiger charge is 2.20. The first-order valence-electron chi connectivity index (χ1n) is 10.9. The summed E-state index contributed by atoms with van der Waals surface area (Å²) < 4.78 is 5.58. The third-order valence-electron chi connectivity index (χ3n) is 6.11. The van der Waals surface area contributed by atoms with Crippen LogP contribution < -0.4 is 9.64 Å². The van der Waals surface area contributed by atoms with E-state index in [0.717, 1.165) is 55.4 Å². The number of aromatic nitrogens is 1. The van der Waals surface area contributed by atoms with Crippen LogP contribution in [0.4, 0.5) is 5.82 Å². The number of ether oxygens (including phenoxy) is 1. The molecule has 5 nitrogen and oxygen atoms in total. The zero-order chi connectivity index (χ0) is 21.1. The first-order chi connectivity index (χ1) is 14.6. The highest BCUT2D eigenvalue weighted by molar-refractivity contribution is 5.95. The summed E-state index contributed by atoms with van der Waals surface area (Å²) in [6, 6.07) is 16.6. The van der Waals surface area contributed by atoms with Crippen LogP contribution >= 0.6 is 0 Å². The summed E-state index contributed by atoms with van der Waals surface area (Å²) in [5.41, 5.74) is 2.75. The smallest absolute Gasteiger partial charge is 0.137 e. The zero-order valence-electron chi connectivity index (χ0n) is 18.1. The number of aliphatic hydroxyl groups is 1. The largest absolute Gasteiger partial charge is 0.496 e. The number of anilines is 1. The third kappa shape index (κ3) is 4.00. The van der Waals surface area contributed by atoms with Gasteiger partial charge in [0.25, 0.3) is 0 Å². The lowest BCUT2D eigenvalue weighted by atomic mass is 10.0. The molecule has 0 amide bonds. The molecule has 3 aromatic rings. The summed E-state index contributed by atoms with van der Waals surface area (Å²) in [5, 5.41) is 12.7. The molecular weight excluding hydrogens is 374 g/mol. The molecule has 158 valence electrons. The van der Waals surface area contributed by atoms with Crippen LogP contribution in [0.5, 0.6) is 5.75 Å². The molecule has 5 heteroatoms. The number of piperazine rings is 1. The quantitative estimate of drug-likeness (QED) is 0.655. The molecule has 1 N–H and O–H groups in total. The van der Waals surface area contributed by atoms with Gasteiger partial charge in [-0.25, -0.2) is 4.98 Å². The summed E-state index contributed by atoms with van der Waals surface area (Å²) in [5.74, 6) is 1.76. The topological polar surface area (TPSA) is 48.8 Å². The fourth-order valence-corrected chi connectivity index (χ4v) is 4.21. The fourth-order valence-electron chi connectivity index (χ4n) is 4.21. The van der Waals surface area contributed by atoms with Crippen molar-refractivity contribution in [2.24, 2.45) is 0 Å². The SMILES string of the molecule is CCC(O)c1ccc(-c2cc3ccccc3c(N3CCN(CC)CC3)n2)cc1OC. The van der Waals surface area contributed by atoms with Gasteiger partial charge in [-0.15, -0.1) is 0 Å². The van der Waals surface area contributed by atoms with Crippen LogP contribution in [0.25, 0.3) is 22.0 Å². The maximum atomic E-state index is 10.3.